The van der Waals surface area contributed by atoms with E-state index in [0.29, 0.717) is 23.2 Å². The van der Waals surface area contributed by atoms with Crippen LogP contribution in [0.2, 0.25) is 0 Å². The maximum absolute atomic E-state index is 13.2. The first kappa shape index (κ1) is 37.9. The van der Waals surface area contributed by atoms with Crippen LogP contribution >= 0.6 is 0 Å². The molecule has 0 saturated heterocycles. The molecule has 1 aliphatic heterocycles. The summed E-state index contributed by atoms with van der Waals surface area (Å²) in [6.07, 6.45) is 4.05. The van der Waals surface area contributed by atoms with E-state index in [0.717, 1.165) is 28.8 Å². The Hall–Kier alpha value is -6.90. The molecule has 0 saturated carbocycles. The van der Waals surface area contributed by atoms with Crippen molar-refractivity contribution in [1.29, 1.82) is 0 Å². The fourth-order valence-electron chi connectivity index (χ4n) is 5.55. The number of nitrogens with zero attached hydrogens (tertiary/aromatic N) is 4. The second kappa shape index (κ2) is 18.2. The van der Waals surface area contributed by atoms with Crippen molar-refractivity contribution in [2.24, 2.45) is 0 Å². The molecular weight excluding hydrogens is 656 g/mol. The number of amides is 2. The van der Waals surface area contributed by atoms with Crippen molar-refractivity contribution in [3.8, 4) is 0 Å². The van der Waals surface area contributed by atoms with Gasteiger partial charge in [0.25, 0.3) is 0 Å². The van der Waals surface area contributed by atoms with Crippen molar-refractivity contribution < 1.29 is 23.9 Å². The highest BCUT2D eigenvalue weighted by molar-refractivity contribution is 6.25. The number of carbonyl (C=O) groups excluding carboxylic acids is 3. The quantitative estimate of drug-likeness (QED) is 0.0993. The van der Waals surface area contributed by atoms with Crippen molar-refractivity contribution in [2.75, 3.05) is 25.1 Å². The van der Waals surface area contributed by atoms with Gasteiger partial charge in [0.15, 0.2) is 0 Å². The summed E-state index contributed by atoms with van der Waals surface area (Å²) in [5.74, 6) is -1.21. The zero-order valence-electron chi connectivity index (χ0n) is 29.2. The summed E-state index contributed by atoms with van der Waals surface area (Å²) < 4.78 is 10.6. The molecule has 0 radical (unpaired) electrons. The largest absolute Gasteiger partial charge is 0.532 e. The minimum Gasteiger partial charge on any atom is -0.462 e. The fourth-order valence-corrected chi connectivity index (χ4v) is 5.55. The Labute approximate surface area is 304 Å². The molecule has 3 aromatic rings. The molecule has 0 fully saturated rings. The number of benzene rings is 3. The number of esters is 1. The van der Waals surface area contributed by atoms with Crippen LogP contribution in [0, 0.1) is 19.7 Å². The van der Waals surface area contributed by atoms with Crippen LogP contribution in [0.4, 0.5) is 10.5 Å². The molecule has 52 heavy (non-hydrogen) atoms. The Morgan fingerprint density at radius 1 is 0.942 bits per heavy atom. The number of alkyl carbamates (subject to hydrolysis) is 1. The molecule has 11 heteroatoms. The molecule has 4 rings (SSSR count). The van der Waals surface area contributed by atoms with E-state index in [9.17, 15) is 14.4 Å². The lowest BCUT2D eigenvalue weighted by Crippen LogP contribution is -2.25. The molecule has 2 N–H and O–H groups in total. The van der Waals surface area contributed by atoms with Crippen molar-refractivity contribution in [2.45, 2.75) is 39.7 Å². The number of hydrogen-bond donors (Lipinski definition) is 2. The summed E-state index contributed by atoms with van der Waals surface area (Å²) in [6, 6.07) is 21.8. The third kappa shape index (κ3) is 9.20. The van der Waals surface area contributed by atoms with Crippen LogP contribution in [-0.2, 0) is 14.3 Å². The van der Waals surface area contributed by atoms with Gasteiger partial charge in [0.1, 0.15) is 18.8 Å². The second-order valence-electron chi connectivity index (χ2n) is 11.5. The van der Waals surface area contributed by atoms with Gasteiger partial charge in [-0.1, -0.05) is 62.0 Å². The molecule has 0 aromatic heterocycles. The zero-order chi connectivity index (χ0) is 37.6. The normalized spacial score (nSPS) is 13.0. The van der Waals surface area contributed by atoms with Crippen molar-refractivity contribution in [3.63, 3.8) is 0 Å². The molecule has 0 spiro atoms. The lowest BCUT2D eigenvalue weighted by atomic mass is 10.0. The molecule has 1 heterocycles. The minimum atomic E-state index is -0.593. The standard InChI is InChI=1S/C41H38N6O5/c1-8-28-13-11-14-29(26-28)25-27(4)45-41(50)52-24-12-23-51-40(49)32-17-15-30(16-18-32)34(9-2)46-33-21-19-31(20-22-33)35-36(42-5)37(38(43-6)44-7)47(10-3)39(35)48/h8,11,13-22,25-26,34,46H,1,9-10,12,23-24H2,2-4H3,(H,45,50)/b27-25+. The zero-order valence-corrected chi connectivity index (χ0v) is 29.2. The maximum Gasteiger partial charge on any atom is 0.532 e. The summed E-state index contributed by atoms with van der Waals surface area (Å²) >= 11 is 0. The van der Waals surface area contributed by atoms with Crippen LogP contribution in [0.15, 0.2) is 102 Å². The number of rotatable bonds is 14. The van der Waals surface area contributed by atoms with Gasteiger partial charge < -0.3 is 19.7 Å². The Balaban J connectivity index is 1.28. The number of hydrogen-bond acceptors (Lipinski definition) is 6. The fraction of sp³-hybridized carbons (Fsp3) is 0.220. The lowest BCUT2D eigenvalue weighted by molar-refractivity contribution is -0.122. The van der Waals surface area contributed by atoms with Gasteiger partial charge in [0, 0.05) is 24.4 Å². The van der Waals surface area contributed by atoms with Crippen molar-refractivity contribution in [1.82, 2.24) is 10.2 Å². The van der Waals surface area contributed by atoms with E-state index in [1.54, 1.807) is 44.2 Å². The van der Waals surface area contributed by atoms with E-state index in [1.807, 2.05) is 61.5 Å². The predicted octanol–water partition coefficient (Wildman–Crippen LogP) is 8.73. The Morgan fingerprint density at radius 3 is 2.23 bits per heavy atom. The van der Waals surface area contributed by atoms with E-state index < -0.39 is 18.0 Å². The summed E-state index contributed by atoms with van der Waals surface area (Å²) in [6.45, 7) is 32.1. The molecule has 1 aliphatic rings. The van der Waals surface area contributed by atoms with Gasteiger partial charge in [-0.15, -0.1) is 0 Å². The van der Waals surface area contributed by atoms with Gasteiger partial charge in [-0.2, -0.15) is 9.69 Å². The van der Waals surface area contributed by atoms with Crippen LogP contribution < -0.4 is 10.6 Å². The Kier molecular flexibility index (Phi) is 13.3. The van der Waals surface area contributed by atoms with Crippen molar-refractivity contribution in [3.05, 3.63) is 164 Å². The van der Waals surface area contributed by atoms with E-state index >= 15 is 0 Å². The molecule has 11 nitrogen and oxygen atoms in total. The van der Waals surface area contributed by atoms with Gasteiger partial charge in [0.05, 0.1) is 37.0 Å². The lowest BCUT2D eigenvalue weighted by Gasteiger charge is -2.19. The van der Waals surface area contributed by atoms with Crippen molar-refractivity contribution >= 4 is 41.4 Å². The summed E-state index contributed by atoms with van der Waals surface area (Å²) in [5, 5.41) is 6.14. The monoisotopic (exact) mass is 694 g/mol. The average Bonchev–Trinajstić information content (AvgIpc) is 3.44. The van der Waals surface area contributed by atoms with E-state index in [4.69, 9.17) is 29.2 Å². The first-order chi connectivity index (χ1) is 25.2. The number of allylic oxidation sites excluding steroid dienone is 1. The SMILES string of the molecule is [C-]#[N+]C([N+]#[C-])=C1C([N+]#[C-])=C(c2ccc(NC(CC)c3ccc(C(=O)OCCCOC(=O)N/C(C)=C/c4cccc(C=C)c4)cc3)cc2)C(=O)N1CC. The third-order valence-corrected chi connectivity index (χ3v) is 8.10. The smallest absolute Gasteiger partial charge is 0.462 e. The predicted molar refractivity (Wildman–Crippen MR) is 200 cm³/mol. The maximum atomic E-state index is 13.2. The van der Waals surface area contributed by atoms with E-state index in [1.165, 1.54) is 4.90 Å². The van der Waals surface area contributed by atoms with Crippen LogP contribution in [0.5, 0.6) is 0 Å². The Morgan fingerprint density at radius 2 is 1.62 bits per heavy atom. The van der Waals surface area contributed by atoms with Crippen LogP contribution in [0.25, 0.3) is 32.3 Å². The van der Waals surface area contributed by atoms with Crippen LogP contribution in [0.3, 0.4) is 0 Å². The summed E-state index contributed by atoms with van der Waals surface area (Å²) in [5.41, 5.74) is 5.38. The molecule has 1 unspecified atom stereocenters. The summed E-state index contributed by atoms with van der Waals surface area (Å²) in [7, 11) is 0. The number of likely N-dealkylation sites (N-methyl/N-ethyl adjacent to an activating group) is 1. The van der Waals surface area contributed by atoms with E-state index in [2.05, 4.69) is 31.7 Å². The van der Waals surface area contributed by atoms with Gasteiger partial charge in [-0.3, -0.25) is 10.1 Å². The first-order valence-electron chi connectivity index (χ1n) is 16.6. The molecule has 0 aliphatic carbocycles. The number of anilines is 1. The highest BCUT2D eigenvalue weighted by Crippen LogP contribution is 2.39. The molecule has 0 bridgehead atoms. The molecule has 1 atom stereocenters. The van der Waals surface area contributed by atoms with Crippen LogP contribution in [0.1, 0.15) is 72.3 Å². The van der Waals surface area contributed by atoms with Gasteiger partial charge in [-0.05, 0) is 78.9 Å². The third-order valence-electron chi connectivity index (χ3n) is 8.10. The van der Waals surface area contributed by atoms with E-state index in [-0.39, 0.29) is 48.6 Å². The number of nitrogens with one attached hydrogen (secondary N) is 2. The number of ether oxygens (including phenoxy) is 2. The molecular formula is C41H38N6O5. The summed E-state index contributed by atoms with van der Waals surface area (Å²) in [4.78, 5) is 49.3. The second-order valence-corrected chi connectivity index (χ2v) is 11.5. The van der Waals surface area contributed by atoms with Gasteiger partial charge in [0.2, 0.25) is 11.6 Å². The average molecular weight is 695 g/mol. The number of carbonyl (C=O) groups is 3. The Bertz CT molecular complexity index is 2040. The minimum absolute atomic E-state index is 0.00120. The molecule has 262 valence electrons. The van der Waals surface area contributed by atoms with Crippen LogP contribution in [-0.4, -0.2) is 42.6 Å². The first-order valence-corrected chi connectivity index (χ1v) is 16.6. The van der Waals surface area contributed by atoms with Gasteiger partial charge >= 0.3 is 17.9 Å². The highest BCUT2D eigenvalue weighted by Gasteiger charge is 2.40. The molecule has 2 amide bonds. The topological polar surface area (TPSA) is 110 Å². The highest BCUT2D eigenvalue weighted by atomic mass is 16.6. The molecule has 3 aromatic carbocycles. The van der Waals surface area contributed by atoms with Gasteiger partial charge in [-0.25, -0.2) is 14.4 Å².